The van der Waals surface area contributed by atoms with E-state index < -0.39 is 0 Å². The molecule has 0 aromatic carbocycles. The summed E-state index contributed by atoms with van der Waals surface area (Å²) >= 11 is 5.90. The molecule has 8 heteroatoms. The summed E-state index contributed by atoms with van der Waals surface area (Å²) in [5.74, 6) is -0.279. The van der Waals surface area contributed by atoms with Crippen LogP contribution in [0.25, 0.3) is 0 Å². The summed E-state index contributed by atoms with van der Waals surface area (Å²) in [6.45, 7) is 4.10. The highest BCUT2D eigenvalue weighted by Gasteiger charge is 2.27. The number of carbonyl (C=O) groups excluding carboxylic acids is 2. The number of hydrogen-bond donors (Lipinski definition) is 0. The molecule has 0 unspecified atom stereocenters. The van der Waals surface area contributed by atoms with Crippen LogP contribution in [0.1, 0.15) is 39.9 Å². The van der Waals surface area contributed by atoms with Crippen molar-refractivity contribution in [1.29, 1.82) is 0 Å². The molecule has 1 aliphatic heterocycles. The topological polar surface area (TPSA) is 71.3 Å². The number of fused-ring (bicyclic) bond motifs is 1. The quantitative estimate of drug-likeness (QED) is 0.785. The zero-order chi connectivity index (χ0) is 18.0. The minimum atomic E-state index is -0.195. The van der Waals surface area contributed by atoms with E-state index in [1.807, 2.05) is 11.6 Å². The minimum Gasteiger partial charge on any atom is -0.342 e. The van der Waals surface area contributed by atoms with Crippen molar-refractivity contribution in [3.05, 3.63) is 46.5 Å². The van der Waals surface area contributed by atoms with Crippen LogP contribution in [0.3, 0.4) is 0 Å². The van der Waals surface area contributed by atoms with E-state index >= 15 is 0 Å². The summed E-state index contributed by atoms with van der Waals surface area (Å²) in [6, 6.07) is 4.98. The van der Waals surface area contributed by atoms with Crippen LogP contribution in [0.15, 0.2) is 24.4 Å². The molecule has 3 heterocycles. The molecule has 0 radical (unpaired) electrons. The first-order valence-electron chi connectivity index (χ1n) is 8.23. The smallest absolute Gasteiger partial charge is 0.272 e. The molecule has 0 saturated carbocycles. The highest BCUT2D eigenvalue weighted by Crippen LogP contribution is 2.19. The van der Waals surface area contributed by atoms with Crippen molar-refractivity contribution in [2.24, 2.45) is 0 Å². The highest BCUT2D eigenvalue weighted by atomic mass is 35.5. The number of rotatable bonds is 3. The van der Waals surface area contributed by atoms with Crippen molar-refractivity contribution in [2.75, 3.05) is 20.1 Å². The van der Waals surface area contributed by atoms with Gasteiger partial charge < -0.3 is 9.80 Å². The van der Waals surface area contributed by atoms with Crippen LogP contribution in [0, 0.1) is 0 Å². The number of hydrogen-bond acceptors (Lipinski definition) is 4. The number of pyridine rings is 1. The van der Waals surface area contributed by atoms with Crippen LogP contribution in [0.5, 0.6) is 0 Å². The average Bonchev–Trinajstić information content (AvgIpc) is 2.89. The Labute approximate surface area is 151 Å². The van der Waals surface area contributed by atoms with Crippen molar-refractivity contribution in [2.45, 2.75) is 26.4 Å². The largest absolute Gasteiger partial charge is 0.342 e. The van der Waals surface area contributed by atoms with E-state index in [0.29, 0.717) is 37.4 Å². The number of amides is 2. The number of carbonyl (C=O) groups is 2. The lowest BCUT2D eigenvalue weighted by Gasteiger charge is -2.21. The Hall–Kier alpha value is -2.41. The maximum absolute atomic E-state index is 12.8. The molecule has 0 bridgehead atoms. The maximum Gasteiger partial charge on any atom is 0.272 e. The Bertz CT molecular complexity index is 804. The summed E-state index contributed by atoms with van der Waals surface area (Å²) in [4.78, 5) is 32.8. The Morgan fingerprint density at radius 1 is 1.32 bits per heavy atom. The van der Waals surface area contributed by atoms with Gasteiger partial charge in [-0.15, -0.1) is 0 Å². The monoisotopic (exact) mass is 361 g/mol. The molecular formula is C17H20ClN5O2. The predicted octanol–water partition coefficient (Wildman–Crippen LogP) is 2.07. The second kappa shape index (κ2) is 7.23. The lowest BCUT2D eigenvalue weighted by molar-refractivity contribution is 0.0731. The lowest BCUT2D eigenvalue weighted by Crippen LogP contribution is -2.33. The third kappa shape index (κ3) is 3.51. The van der Waals surface area contributed by atoms with Gasteiger partial charge in [-0.3, -0.25) is 14.3 Å². The van der Waals surface area contributed by atoms with Crippen LogP contribution in [-0.2, 0) is 13.1 Å². The van der Waals surface area contributed by atoms with Crippen LogP contribution < -0.4 is 0 Å². The molecular weight excluding hydrogens is 342 g/mol. The van der Waals surface area contributed by atoms with E-state index in [1.165, 1.54) is 0 Å². The van der Waals surface area contributed by atoms with Gasteiger partial charge in [-0.2, -0.15) is 5.10 Å². The number of nitrogens with zero attached hydrogens (tertiary/aromatic N) is 5. The number of halogens is 1. The molecule has 25 heavy (non-hydrogen) atoms. The summed E-state index contributed by atoms with van der Waals surface area (Å²) in [7, 11) is 1.75. The van der Waals surface area contributed by atoms with E-state index in [0.717, 1.165) is 12.1 Å². The van der Waals surface area contributed by atoms with Crippen molar-refractivity contribution in [3.63, 3.8) is 0 Å². The van der Waals surface area contributed by atoms with Gasteiger partial charge in [-0.25, -0.2) is 4.98 Å². The van der Waals surface area contributed by atoms with E-state index in [2.05, 4.69) is 10.1 Å². The standard InChI is InChI=1S/C17H20ClN5O2/c1-3-21(2)16(24)12-10-19-23-9-5-8-22(11-14(12)23)17(25)13-6-4-7-15(18)20-13/h4,6-7,10H,3,5,8-9,11H2,1-2H3. The number of aromatic nitrogens is 3. The summed E-state index contributed by atoms with van der Waals surface area (Å²) in [5, 5.41) is 4.61. The van der Waals surface area contributed by atoms with Gasteiger partial charge >= 0.3 is 0 Å². The predicted molar refractivity (Wildman–Crippen MR) is 93.5 cm³/mol. The van der Waals surface area contributed by atoms with Crippen molar-refractivity contribution >= 4 is 23.4 Å². The molecule has 2 amide bonds. The fourth-order valence-corrected chi connectivity index (χ4v) is 3.00. The third-order valence-electron chi connectivity index (χ3n) is 4.36. The van der Waals surface area contributed by atoms with E-state index in [9.17, 15) is 9.59 Å². The molecule has 0 atom stereocenters. The molecule has 0 spiro atoms. The van der Waals surface area contributed by atoms with Crippen molar-refractivity contribution < 1.29 is 9.59 Å². The molecule has 0 aliphatic carbocycles. The van der Waals surface area contributed by atoms with Crippen LogP contribution in [-0.4, -0.2) is 56.5 Å². The zero-order valence-corrected chi connectivity index (χ0v) is 15.0. The molecule has 1 aliphatic rings. The fraction of sp³-hybridized carbons (Fsp3) is 0.412. The van der Waals surface area contributed by atoms with Gasteiger partial charge in [-0.05, 0) is 25.5 Å². The Balaban J connectivity index is 1.89. The average molecular weight is 362 g/mol. The molecule has 2 aromatic heterocycles. The number of aryl methyl sites for hydroxylation is 1. The fourth-order valence-electron chi connectivity index (χ4n) is 2.83. The van der Waals surface area contributed by atoms with Gasteiger partial charge in [0.15, 0.2) is 0 Å². The van der Waals surface area contributed by atoms with Crippen LogP contribution >= 0.6 is 11.6 Å². The van der Waals surface area contributed by atoms with Gasteiger partial charge in [0.25, 0.3) is 11.8 Å². The SMILES string of the molecule is CCN(C)C(=O)c1cnn2c1CN(C(=O)c1cccc(Cl)n1)CCC2. The summed E-state index contributed by atoms with van der Waals surface area (Å²) in [5.41, 5.74) is 1.61. The zero-order valence-electron chi connectivity index (χ0n) is 14.3. The Morgan fingerprint density at radius 2 is 2.12 bits per heavy atom. The Kier molecular flexibility index (Phi) is 5.03. The third-order valence-corrected chi connectivity index (χ3v) is 4.57. The van der Waals surface area contributed by atoms with E-state index in [-0.39, 0.29) is 17.0 Å². The highest BCUT2D eigenvalue weighted by molar-refractivity contribution is 6.29. The van der Waals surface area contributed by atoms with Crippen LogP contribution in [0.2, 0.25) is 5.15 Å². The molecule has 0 N–H and O–H groups in total. The van der Waals surface area contributed by atoms with Gasteiger partial charge in [0.05, 0.1) is 24.0 Å². The molecule has 2 aromatic rings. The van der Waals surface area contributed by atoms with Crippen LogP contribution in [0.4, 0.5) is 0 Å². The Morgan fingerprint density at radius 3 is 2.84 bits per heavy atom. The molecule has 132 valence electrons. The second-order valence-electron chi connectivity index (χ2n) is 5.97. The maximum atomic E-state index is 12.8. The summed E-state index contributed by atoms with van der Waals surface area (Å²) in [6.07, 6.45) is 2.35. The van der Waals surface area contributed by atoms with Crippen molar-refractivity contribution in [3.8, 4) is 0 Å². The van der Waals surface area contributed by atoms with E-state index in [1.54, 1.807) is 41.2 Å². The molecule has 0 fully saturated rings. The first-order chi connectivity index (χ1) is 12.0. The first kappa shape index (κ1) is 17.4. The normalized spacial score (nSPS) is 14.0. The molecule has 3 rings (SSSR count). The van der Waals surface area contributed by atoms with Gasteiger partial charge in [0, 0.05) is 26.7 Å². The first-order valence-corrected chi connectivity index (χ1v) is 8.61. The molecule has 7 nitrogen and oxygen atoms in total. The van der Waals surface area contributed by atoms with Gasteiger partial charge in [0.2, 0.25) is 0 Å². The lowest BCUT2D eigenvalue weighted by atomic mass is 10.2. The summed E-state index contributed by atoms with van der Waals surface area (Å²) < 4.78 is 1.81. The minimum absolute atomic E-state index is 0.0843. The van der Waals surface area contributed by atoms with E-state index in [4.69, 9.17) is 11.6 Å². The van der Waals surface area contributed by atoms with Gasteiger partial charge in [0.1, 0.15) is 10.8 Å². The van der Waals surface area contributed by atoms with Crippen molar-refractivity contribution in [1.82, 2.24) is 24.6 Å². The second-order valence-corrected chi connectivity index (χ2v) is 6.36. The van der Waals surface area contributed by atoms with Gasteiger partial charge in [-0.1, -0.05) is 17.7 Å². The molecule has 0 saturated heterocycles.